The van der Waals surface area contributed by atoms with Crippen LogP contribution in [0.15, 0.2) is 41.0 Å². The van der Waals surface area contributed by atoms with Crippen LogP contribution in [0.2, 0.25) is 0 Å². The fourth-order valence-electron chi connectivity index (χ4n) is 1.52. The Kier molecular flexibility index (Phi) is 3.62. The van der Waals surface area contributed by atoms with Gasteiger partial charge in [0.25, 0.3) is 5.91 Å². The zero-order valence-electron chi connectivity index (χ0n) is 9.64. The van der Waals surface area contributed by atoms with E-state index in [1.807, 2.05) is 19.1 Å². The van der Waals surface area contributed by atoms with Gasteiger partial charge in [0.15, 0.2) is 5.69 Å². The number of aromatic nitrogens is 1. The molecule has 0 atom stereocenters. The van der Waals surface area contributed by atoms with Crippen LogP contribution in [-0.4, -0.2) is 16.0 Å². The van der Waals surface area contributed by atoms with Crippen LogP contribution in [-0.2, 0) is 0 Å². The first-order chi connectivity index (χ1) is 8.58. The van der Waals surface area contributed by atoms with Crippen LogP contribution >= 0.6 is 15.9 Å². The summed E-state index contributed by atoms with van der Waals surface area (Å²) in [5, 5.41) is 12.3. The van der Waals surface area contributed by atoms with E-state index in [2.05, 4.69) is 26.2 Å². The summed E-state index contributed by atoms with van der Waals surface area (Å²) >= 11 is 3.35. The number of aryl methyl sites for hydroxylation is 1. The number of rotatable bonds is 2. The van der Waals surface area contributed by atoms with Gasteiger partial charge in [-0.25, -0.2) is 4.98 Å². The van der Waals surface area contributed by atoms with E-state index in [1.165, 1.54) is 12.3 Å². The molecule has 4 nitrogen and oxygen atoms in total. The van der Waals surface area contributed by atoms with Crippen molar-refractivity contribution in [2.24, 2.45) is 0 Å². The largest absolute Gasteiger partial charge is 0.505 e. The third kappa shape index (κ3) is 2.68. The number of nitrogens with zero attached hydrogens (tertiary/aromatic N) is 1. The molecule has 0 radical (unpaired) electrons. The van der Waals surface area contributed by atoms with E-state index in [-0.39, 0.29) is 11.4 Å². The Bertz CT molecular complexity index is 599. The zero-order chi connectivity index (χ0) is 13.1. The van der Waals surface area contributed by atoms with Gasteiger partial charge in [0.05, 0.1) is 0 Å². The number of aromatic hydroxyl groups is 1. The molecule has 0 saturated carbocycles. The van der Waals surface area contributed by atoms with Crippen molar-refractivity contribution in [2.45, 2.75) is 6.92 Å². The highest BCUT2D eigenvalue weighted by atomic mass is 79.9. The fourth-order valence-corrected chi connectivity index (χ4v) is 2.00. The Hall–Kier alpha value is -1.88. The molecular weight excluding hydrogens is 296 g/mol. The molecule has 0 aliphatic heterocycles. The van der Waals surface area contributed by atoms with Crippen molar-refractivity contribution in [2.75, 3.05) is 5.32 Å². The van der Waals surface area contributed by atoms with Gasteiger partial charge in [-0.1, -0.05) is 15.9 Å². The lowest BCUT2D eigenvalue weighted by molar-refractivity contribution is 0.101. The summed E-state index contributed by atoms with van der Waals surface area (Å²) in [6, 6.07) is 8.51. The zero-order valence-corrected chi connectivity index (χ0v) is 11.2. The molecule has 92 valence electrons. The lowest BCUT2D eigenvalue weighted by Gasteiger charge is -2.08. The molecule has 0 fully saturated rings. The first-order valence-corrected chi connectivity index (χ1v) is 6.08. The smallest absolute Gasteiger partial charge is 0.278 e. The third-order valence-electron chi connectivity index (χ3n) is 2.44. The summed E-state index contributed by atoms with van der Waals surface area (Å²) in [6.07, 6.45) is 1.46. The summed E-state index contributed by atoms with van der Waals surface area (Å²) < 4.78 is 0.943. The van der Waals surface area contributed by atoms with Crippen LogP contribution in [0.4, 0.5) is 5.69 Å². The quantitative estimate of drug-likeness (QED) is 0.896. The number of benzene rings is 1. The molecule has 0 aliphatic rings. The average Bonchev–Trinajstić information content (AvgIpc) is 2.33. The second-order valence-corrected chi connectivity index (χ2v) is 4.70. The van der Waals surface area contributed by atoms with Crippen LogP contribution in [0.1, 0.15) is 16.1 Å². The third-order valence-corrected chi connectivity index (χ3v) is 2.93. The number of anilines is 1. The second-order valence-electron chi connectivity index (χ2n) is 3.78. The molecule has 2 rings (SSSR count). The number of amides is 1. The van der Waals surface area contributed by atoms with Crippen molar-refractivity contribution in [3.63, 3.8) is 0 Å². The highest BCUT2D eigenvalue weighted by Crippen LogP contribution is 2.21. The van der Waals surface area contributed by atoms with Crippen molar-refractivity contribution < 1.29 is 9.90 Å². The molecule has 1 amide bonds. The highest BCUT2D eigenvalue weighted by Gasteiger charge is 2.13. The summed E-state index contributed by atoms with van der Waals surface area (Å²) in [4.78, 5) is 15.8. The van der Waals surface area contributed by atoms with Crippen molar-refractivity contribution in [1.82, 2.24) is 4.98 Å². The van der Waals surface area contributed by atoms with Gasteiger partial charge in [-0.2, -0.15) is 0 Å². The summed E-state index contributed by atoms with van der Waals surface area (Å²) in [6.45, 7) is 1.89. The average molecular weight is 307 g/mol. The Labute approximate surface area is 113 Å². The summed E-state index contributed by atoms with van der Waals surface area (Å²) in [5.74, 6) is -0.566. The molecule has 1 aromatic carbocycles. The molecular formula is C13H11BrN2O2. The van der Waals surface area contributed by atoms with Gasteiger partial charge in [0.2, 0.25) is 0 Å². The van der Waals surface area contributed by atoms with Crippen LogP contribution in [0.3, 0.4) is 0 Å². The first kappa shape index (κ1) is 12.6. The maximum absolute atomic E-state index is 11.9. The van der Waals surface area contributed by atoms with E-state index in [4.69, 9.17) is 0 Å². The second kappa shape index (κ2) is 5.18. The van der Waals surface area contributed by atoms with Gasteiger partial charge in [-0.3, -0.25) is 4.79 Å². The maximum atomic E-state index is 11.9. The normalized spacial score (nSPS) is 10.1. The number of nitrogens with one attached hydrogen (secondary N) is 1. The monoisotopic (exact) mass is 306 g/mol. The SMILES string of the molecule is Cc1cc(Br)ccc1NC(=O)c1ncccc1O. The molecule has 0 bridgehead atoms. The highest BCUT2D eigenvalue weighted by molar-refractivity contribution is 9.10. The Morgan fingerprint density at radius 3 is 2.83 bits per heavy atom. The number of carbonyl (C=O) groups excluding carboxylic acids is 1. The summed E-state index contributed by atoms with van der Waals surface area (Å²) in [7, 11) is 0. The number of hydrogen-bond acceptors (Lipinski definition) is 3. The van der Waals surface area contributed by atoms with Gasteiger partial charge >= 0.3 is 0 Å². The topological polar surface area (TPSA) is 62.2 Å². The molecule has 1 aromatic heterocycles. The molecule has 2 N–H and O–H groups in total. The van der Waals surface area contributed by atoms with Crippen molar-refractivity contribution >= 4 is 27.5 Å². The molecule has 5 heteroatoms. The van der Waals surface area contributed by atoms with E-state index in [0.717, 1.165) is 10.0 Å². The summed E-state index contributed by atoms with van der Waals surface area (Å²) in [5.41, 5.74) is 1.63. The number of hydrogen-bond donors (Lipinski definition) is 2. The van der Waals surface area contributed by atoms with Gasteiger partial charge in [-0.05, 0) is 42.8 Å². The van der Waals surface area contributed by atoms with Crippen molar-refractivity contribution in [3.05, 3.63) is 52.3 Å². The predicted octanol–water partition coefficient (Wildman–Crippen LogP) is 3.11. The van der Waals surface area contributed by atoms with Crippen molar-refractivity contribution in [1.29, 1.82) is 0 Å². The Morgan fingerprint density at radius 1 is 1.39 bits per heavy atom. The molecule has 0 saturated heterocycles. The standard InChI is InChI=1S/C13H11BrN2O2/c1-8-7-9(14)4-5-10(8)16-13(18)12-11(17)3-2-6-15-12/h2-7,17H,1H3,(H,16,18). The molecule has 0 spiro atoms. The number of halogens is 1. The lowest BCUT2D eigenvalue weighted by Crippen LogP contribution is -2.14. The minimum Gasteiger partial charge on any atom is -0.505 e. The van der Waals surface area contributed by atoms with E-state index in [0.29, 0.717) is 5.69 Å². The minimum absolute atomic E-state index is 0.0137. The fraction of sp³-hybridized carbons (Fsp3) is 0.0769. The van der Waals surface area contributed by atoms with Gasteiger partial charge < -0.3 is 10.4 Å². The van der Waals surface area contributed by atoms with E-state index < -0.39 is 5.91 Å². The molecule has 2 aromatic rings. The molecule has 1 heterocycles. The Morgan fingerprint density at radius 2 is 2.17 bits per heavy atom. The van der Waals surface area contributed by atoms with E-state index >= 15 is 0 Å². The first-order valence-electron chi connectivity index (χ1n) is 5.29. The molecule has 0 unspecified atom stereocenters. The molecule has 18 heavy (non-hydrogen) atoms. The van der Waals surface area contributed by atoms with Crippen LogP contribution in [0, 0.1) is 6.92 Å². The maximum Gasteiger partial charge on any atom is 0.278 e. The lowest BCUT2D eigenvalue weighted by atomic mass is 10.2. The van der Waals surface area contributed by atoms with Gasteiger partial charge in [0.1, 0.15) is 5.75 Å². The molecule has 0 aliphatic carbocycles. The van der Waals surface area contributed by atoms with Crippen LogP contribution < -0.4 is 5.32 Å². The minimum atomic E-state index is -0.432. The van der Waals surface area contributed by atoms with Crippen LogP contribution in [0.5, 0.6) is 5.75 Å². The Balaban J connectivity index is 2.24. The van der Waals surface area contributed by atoms with E-state index in [1.54, 1.807) is 12.1 Å². The van der Waals surface area contributed by atoms with Crippen LogP contribution in [0.25, 0.3) is 0 Å². The van der Waals surface area contributed by atoms with E-state index in [9.17, 15) is 9.90 Å². The van der Waals surface area contributed by atoms with Gasteiger partial charge in [-0.15, -0.1) is 0 Å². The number of carbonyl (C=O) groups is 1. The number of pyridine rings is 1. The van der Waals surface area contributed by atoms with Gasteiger partial charge in [0, 0.05) is 16.4 Å². The van der Waals surface area contributed by atoms with Crippen molar-refractivity contribution in [3.8, 4) is 5.75 Å². The predicted molar refractivity (Wildman–Crippen MR) is 72.7 cm³/mol.